The van der Waals surface area contributed by atoms with Crippen LogP contribution in [0, 0.1) is 0 Å². The molecule has 1 atom stereocenters. The molecule has 4 heteroatoms. The van der Waals surface area contributed by atoms with E-state index in [0.29, 0.717) is 12.8 Å². The van der Waals surface area contributed by atoms with Gasteiger partial charge in [0, 0.05) is 12.8 Å². The molecular weight excluding hydrogens is 436 g/mol. The summed E-state index contributed by atoms with van der Waals surface area (Å²) < 4.78 is 10.7. The Morgan fingerprint density at radius 2 is 0.800 bits per heavy atom. The molecule has 208 valence electrons. The van der Waals surface area contributed by atoms with E-state index < -0.39 is 0 Å². The Hall–Kier alpha value is -1.06. The molecule has 0 aliphatic carbocycles. The van der Waals surface area contributed by atoms with E-state index in [2.05, 4.69) is 13.8 Å². The van der Waals surface area contributed by atoms with Crippen molar-refractivity contribution < 1.29 is 19.1 Å². The molecule has 0 rings (SSSR count). The van der Waals surface area contributed by atoms with Gasteiger partial charge in [0.05, 0.1) is 0 Å². The molecule has 0 heterocycles. The predicted octanol–water partition coefficient (Wildman–Crippen LogP) is 9.86. The van der Waals surface area contributed by atoms with Crippen LogP contribution in [0.2, 0.25) is 0 Å². The molecule has 0 aromatic carbocycles. The van der Waals surface area contributed by atoms with E-state index in [1.807, 2.05) is 0 Å². The highest BCUT2D eigenvalue weighted by Crippen LogP contribution is 2.14. The Morgan fingerprint density at radius 3 is 1.17 bits per heavy atom. The number of esters is 2. The molecule has 0 amide bonds. The maximum atomic E-state index is 12.0. The van der Waals surface area contributed by atoms with E-state index in [9.17, 15) is 9.59 Å². The van der Waals surface area contributed by atoms with Crippen LogP contribution < -0.4 is 0 Å². The fourth-order valence-corrected chi connectivity index (χ4v) is 4.47. The van der Waals surface area contributed by atoms with Crippen molar-refractivity contribution in [3.8, 4) is 0 Å². The van der Waals surface area contributed by atoms with Gasteiger partial charge in [-0.1, -0.05) is 142 Å². The van der Waals surface area contributed by atoms with E-state index >= 15 is 0 Å². The van der Waals surface area contributed by atoms with Gasteiger partial charge in [-0.15, -0.1) is 0 Å². The standard InChI is InChI=1S/C31H60O4/c1-4-6-8-10-12-14-16-18-20-22-24-26-30(32)34-28-29(3)35-31(33)27-25-23-21-19-17-15-13-11-9-7-5-2/h29H,4-28H2,1-3H3/t29-/m0/s1. The SMILES string of the molecule is CCCCCCCCCCCCCC(=O)OC[C@H](C)OC(=O)CCCCCCCCCCCCC. The average Bonchev–Trinajstić information content (AvgIpc) is 2.84. The van der Waals surface area contributed by atoms with Gasteiger partial charge in [-0.3, -0.25) is 9.59 Å². The zero-order valence-electron chi connectivity index (χ0n) is 23.9. The Morgan fingerprint density at radius 1 is 0.486 bits per heavy atom. The van der Waals surface area contributed by atoms with Crippen molar-refractivity contribution in [1.82, 2.24) is 0 Å². The van der Waals surface area contributed by atoms with E-state index in [1.165, 1.54) is 116 Å². The second-order valence-corrected chi connectivity index (χ2v) is 10.6. The Bertz CT molecular complexity index is 463. The van der Waals surface area contributed by atoms with Gasteiger partial charge in [-0.25, -0.2) is 0 Å². The first-order valence-corrected chi connectivity index (χ1v) is 15.4. The number of carbonyl (C=O) groups is 2. The summed E-state index contributed by atoms with van der Waals surface area (Å²) in [6.45, 7) is 6.48. The lowest BCUT2D eigenvalue weighted by Crippen LogP contribution is -2.22. The summed E-state index contributed by atoms with van der Waals surface area (Å²) in [5.74, 6) is -0.343. The Balaban J connectivity index is 3.43. The highest BCUT2D eigenvalue weighted by atomic mass is 16.6. The van der Waals surface area contributed by atoms with Gasteiger partial charge in [-0.05, 0) is 19.8 Å². The smallest absolute Gasteiger partial charge is 0.306 e. The third-order valence-corrected chi connectivity index (χ3v) is 6.78. The summed E-state index contributed by atoms with van der Waals surface area (Å²) >= 11 is 0. The lowest BCUT2D eigenvalue weighted by molar-refractivity contribution is -0.158. The van der Waals surface area contributed by atoms with Gasteiger partial charge in [0.25, 0.3) is 0 Å². The fraction of sp³-hybridized carbons (Fsp3) is 0.935. The number of hydrogen-bond donors (Lipinski definition) is 0. The molecule has 0 aromatic heterocycles. The normalized spacial score (nSPS) is 12.0. The maximum Gasteiger partial charge on any atom is 0.306 e. The molecular formula is C31H60O4. The lowest BCUT2D eigenvalue weighted by atomic mass is 10.1. The minimum absolute atomic E-state index is 0.168. The second-order valence-electron chi connectivity index (χ2n) is 10.6. The number of unbranched alkanes of at least 4 members (excludes halogenated alkanes) is 20. The molecule has 0 aliphatic rings. The van der Waals surface area contributed by atoms with E-state index in [1.54, 1.807) is 6.92 Å². The van der Waals surface area contributed by atoms with Crippen LogP contribution in [0.3, 0.4) is 0 Å². The monoisotopic (exact) mass is 496 g/mol. The van der Waals surface area contributed by atoms with Crippen molar-refractivity contribution >= 4 is 11.9 Å². The van der Waals surface area contributed by atoms with Crippen molar-refractivity contribution in [2.24, 2.45) is 0 Å². The van der Waals surface area contributed by atoms with Crippen molar-refractivity contribution in [2.75, 3.05) is 6.61 Å². The maximum absolute atomic E-state index is 12.0. The van der Waals surface area contributed by atoms with Gasteiger partial charge < -0.3 is 9.47 Å². The Labute approximate surface area is 218 Å². The number of rotatable bonds is 27. The van der Waals surface area contributed by atoms with Gasteiger partial charge >= 0.3 is 11.9 Å². The quantitative estimate of drug-likeness (QED) is 0.0838. The van der Waals surface area contributed by atoms with Crippen molar-refractivity contribution in [2.45, 2.75) is 181 Å². The van der Waals surface area contributed by atoms with Crippen LogP contribution in [-0.2, 0) is 19.1 Å². The van der Waals surface area contributed by atoms with E-state index in [0.717, 1.165) is 25.7 Å². The molecule has 0 saturated heterocycles. The van der Waals surface area contributed by atoms with Gasteiger partial charge in [0.2, 0.25) is 0 Å². The van der Waals surface area contributed by atoms with Crippen molar-refractivity contribution in [3.63, 3.8) is 0 Å². The van der Waals surface area contributed by atoms with Gasteiger partial charge in [0.1, 0.15) is 12.7 Å². The van der Waals surface area contributed by atoms with Crippen LogP contribution >= 0.6 is 0 Å². The molecule has 0 aromatic rings. The molecule has 35 heavy (non-hydrogen) atoms. The molecule has 0 aliphatic heterocycles. The summed E-state index contributed by atoms with van der Waals surface area (Å²) in [5.41, 5.74) is 0. The third kappa shape index (κ3) is 27.4. The average molecular weight is 497 g/mol. The van der Waals surface area contributed by atoms with Crippen molar-refractivity contribution in [3.05, 3.63) is 0 Å². The number of hydrogen-bond acceptors (Lipinski definition) is 4. The molecule has 0 radical (unpaired) electrons. The largest absolute Gasteiger partial charge is 0.462 e. The van der Waals surface area contributed by atoms with Crippen LogP contribution in [0.25, 0.3) is 0 Å². The summed E-state index contributed by atoms with van der Waals surface area (Å²) in [7, 11) is 0. The molecule has 0 saturated carbocycles. The van der Waals surface area contributed by atoms with Gasteiger partial charge in [0.15, 0.2) is 0 Å². The highest BCUT2D eigenvalue weighted by Gasteiger charge is 2.12. The van der Waals surface area contributed by atoms with Crippen LogP contribution in [0.4, 0.5) is 0 Å². The fourth-order valence-electron chi connectivity index (χ4n) is 4.47. The summed E-state index contributed by atoms with van der Waals surface area (Å²) in [6.07, 6.45) is 28.5. The van der Waals surface area contributed by atoms with Crippen molar-refractivity contribution in [1.29, 1.82) is 0 Å². The lowest BCUT2D eigenvalue weighted by Gasteiger charge is -2.13. The minimum atomic E-state index is -0.364. The Kier molecular flexibility index (Phi) is 26.7. The van der Waals surface area contributed by atoms with Crippen LogP contribution in [0.1, 0.15) is 175 Å². The van der Waals surface area contributed by atoms with Crippen LogP contribution in [0.15, 0.2) is 0 Å². The summed E-state index contributed by atoms with van der Waals surface area (Å²) in [6, 6.07) is 0. The topological polar surface area (TPSA) is 52.6 Å². The van der Waals surface area contributed by atoms with E-state index in [4.69, 9.17) is 9.47 Å². The predicted molar refractivity (Wildman–Crippen MR) is 149 cm³/mol. The van der Waals surface area contributed by atoms with E-state index in [-0.39, 0.29) is 24.6 Å². The molecule has 0 unspecified atom stereocenters. The first-order chi connectivity index (χ1) is 17.1. The molecule has 0 fully saturated rings. The minimum Gasteiger partial charge on any atom is -0.462 e. The highest BCUT2D eigenvalue weighted by molar-refractivity contribution is 5.70. The first kappa shape index (κ1) is 33.9. The number of ether oxygens (including phenoxy) is 2. The first-order valence-electron chi connectivity index (χ1n) is 15.4. The van der Waals surface area contributed by atoms with Gasteiger partial charge in [-0.2, -0.15) is 0 Å². The molecule has 0 bridgehead atoms. The van der Waals surface area contributed by atoms with Crippen LogP contribution in [0.5, 0.6) is 0 Å². The third-order valence-electron chi connectivity index (χ3n) is 6.78. The number of carbonyl (C=O) groups excluding carboxylic acids is 2. The zero-order valence-corrected chi connectivity index (χ0v) is 23.9. The van der Waals surface area contributed by atoms with Crippen LogP contribution in [-0.4, -0.2) is 24.6 Å². The second kappa shape index (κ2) is 27.5. The summed E-state index contributed by atoms with van der Waals surface area (Å²) in [5, 5.41) is 0. The zero-order chi connectivity index (χ0) is 25.8. The molecule has 0 N–H and O–H groups in total. The molecule has 4 nitrogen and oxygen atoms in total. The molecule has 0 spiro atoms. The summed E-state index contributed by atoms with van der Waals surface area (Å²) in [4.78, 5) is 23.9.